The lowest BCUT2D eigenvalue weighted by Gasteiger charge is -2.15. The Morgan fingerprint density at radius 2 is 2.06 bits per heavy atom. The maximum Gasteiger partial charge on any atom is 0.0517 e. The molecule has 0 fully saturated rings. The monoisotopic (exact) mass is 216 g/mol. The summed E-state index contributed by atoms with van der Waals surface area (Å²) in [4.78, 5) is 0. The average molecular weight is 216 g/mol. The highest BCUT2D eigenvalue weighted by Crippen LogP contribution is 2.26. The number of hydrogen-bond acceptors (Lipinski definition) is 1. The molecule has 2 nitrogen and oxygen atoms in total. The molecule has 16 heavy (non-hydrogen) atoms. The lowest BCUT2D eigenvalue weighted by Crippen LogP contribution is -2.07. The molecule has 1 aromatic heterocycles. The highest BCUT2D eigenvalue weighted by molar-refractivity contribution is 5.84. The van der Waals surface area contributed by atoms with E-state index in [-0.39, 0.29) is 0 Å². The first kappa shape index (κ1) is 11.2. The van der Waals surface area contributed by atoms with E-state index < -0.39 is 0 Å². The van der Waals surface area contributed by atoms with Crippen molar-refractivity contribution < 1.29 is 0 Å². The Kier molecular flexibility index (Phi) is 3.01. The molecule has 0 spiro atoms. The van der Waals surface area contributed by atoms with Gasteiger partial charge in [0, 0.05) is 17.1 Å². The minimum atomic E-state index is 0.497. The molecule has 1 heterocycles. The molecule has 86 valence electrons. The van der Waals surface area contributed by atoms with Crippen LogP contribution in [0.3, 0.4) is 0 Å². The smallest absolute Gasteiger partial charge is 0.0517 e. The first-order chi connectivity index (χ1) is 7.65. The Bertz CT molecular complexity index is 495. The van der Waals surface area contributed by atoms with Crippen molar-refractivity contribution in [1.82, 2.24) is 4.57 Å². The van der Waals surface area contributed by atoms with Gasteiger partial charge in [0.2, 0.25) is 0 Å². The van der Waals surface area contributed by atoms with Crippen LogP contribution in [0.1, 0.15) is 31.1 Å². The van der Waals surface area contributed by atoms with E-state index >= 15 is 0 Å². The normalized spacial score (nSPS) is 11.6. The number of fused-ring (bicyclic) bond motifs is 1. The maximum atomic E-state index is 5.68. The van der Waals surface area contributed by atoms with Gasteiger partial charge in [0.1, 0.15) is 0 Å². The van der Waals surface area contributed by atoms with E-state index in [0.29, 0.717) is 12.6 Å². The zero-order valence-corrected chi connectivity index (χ0v) is 10.3. The zero-order valence-electron chi connectivity index (χ0n) is 10.3. The minimum absolute atomic E-state index is 0.497. The molecule has 2 rings (SSSR count). The van der Waals surface area contributed by atoms with Gasteiger partial charge in [0.25, 0.3) is 0 Å². The van der Waals surface area contributed by atoms with E-state index in [0.717, 1.165) is 6.42 Å². The molecule has 0 saturated carbocycles. The second-order valence-corrected chi connectivity index (χ2v) is 4.64. The van der Waals surface area contributed by atoms with Crippen molar-refractivity contribution in [2.24, 2.45) is 5.73 Å². The van der Waals surface area contributed by atoms with Crippen LogP contribution in [-0.2, 0) is 6.42 Å². The largest absolute Gasteiger partial charge is 0.342 e. The van der Waals surface area contributed by atoms with Crippen molar-refractivity contribution in [2.75, 3.05) is 6.54 Å². The number of hydrogen-bond donors (Lipinski definition) is 1. The number of nitrogens with zero attached hydrogens (tertiary/aromatic N) is 1. The summed E-state index contributed by atoms with van der Waals surface area (Å²) in [5, 5.41) is 1.33. The van der Waals surface area contributed by atoms with Gasteiger partial charge >= 0.3 is 0 Å². The van der Waals surface area contributed by atoms with Gasteiger partial charge in [-0.1, -0.05) is 18.2 Å². The summed E-state index contributed by atoms with van der Waals surface area (Å²) < 4.78 is 2.40. The quantitative estimate of drug-likeness (QED) is 0.840. The van der Waals surface area contributed by atoms with E-state index in [1.54, 1.807) is 0 Å². The third kappa shape index (κ3) is 1.74. The van der Waals surface area contributed by atoms with Crippen molar-refractivity contribution in [2.45, 2.75) is 33.2 Å². The van der Waals surface area contributed by atoms with E-state index in [2.05, 4.69) is 49.6 Å². The van der Waals surface area contributed by atoms with Crippen molar-refractivity contribution in [3.05, 3.63) is 35.5 Å². The maximum absolute atomic E-state index is 5.68. The predicted molar refractivity (Wildman–Crippen MR) is 69.8 cm³/mol. The highest BCUT2D eigenvalue weighted by atomic mass is 15.0. The van der Waals surface area contributed by atoms with Crippen LogP contribution in [0.15, 0.2) is 24.3 Å². The second kappa shape index (κ2) is 4.30. The van der Waals surface area contributed by atoms with Crippen LogP contribution in [0.2, 0.25) is 0 Å². The Morgan fingerprint density at radius 3 is 2.69 bits per heavy atom. The summed E-state index contributed by atoms with van der Waals surface area (Å²) in [7, 11) is 0. The fraction of sp³-hybridized carbons (Fsp3) is 0.429. The van der Waals surface area contributed by atoms with Gasteiger partial charge in [-0.15, -0.1) is 0 Å². The number of benzene rings is 1. The van der Waals surface area contributed by atoms with Crippen LogP contribution in [0, 0.1) is 6.92 Å². The minimum Gasteiger partial charge on any atom is -0.342 e. The van der Waals surface area contributed by atoms with Gasteiger partial charge in [-0.3, -0.25) is 0 Å². The number of rotatable bonds is 3. The molecule has 2 N–H and O–H groups in total. The van der Waals surface area contributed by atoms with Crippen molar-refractivity contribution in [3.63, 3.8) is 0 Å². The fourth-order valence-electron chi connectivity index (χ4n) is 2.52. The third-order valence-electron chi connectivity index (χ3n) is 3.07. The molecule has 0 radical (unpaired) electrons. The molecule has 2 aromatic rings. The summed E-state index contributed by atoms with van der Waals surface area (Å²) in [5.74, 6) is 0. The van der Waals surface area contributed by atoms with Crippen LogP contribution in [0.25, 0.3) is 10.9 Å². The Labute approximate surface area is 97.1 Å². The first-order valence-corrected chi connectivity index (χ1v) is 5.94. The van der Waals surface area contributed by atoms with Crippen LogP contribution >= 0.6 is 0 Å². The van der Waals surface area contributed by atoms with Gasteiger partial charge in [0.15, 0.2) is 0 Å². The van der Waals surface area contributed by atoms with E-state index in [9.17, 15) is 0 Å². The molecule has 0 amide bonds. The number of nitrogens with two attached hydrogens (primary N) is 1. The van der Waals surface area contributed by atoms with Crippen LogP contribution in [0.5, 0.6) is 0 Å². The molecule has 0 aliphatic carbocycles. The van der Waals surface area contributed by atoms with Gasteiger partial charge in [0.05, 0.1) is 5.52 Å². The first-order valence-electron chi connectivity index (χ1n) is 5.94. The molecule has 0 aliphatic heterocycles. The van der Waals surface area contributed by atoms with Crippen LogP contribution in [-0.4, -0.2) is 11.1 Å². The summed E-state index contributed by atoms with van der Waals surface area (Å²) in [6.07, 6.45) is 0.952. The van der Waals surface area contributed by atoms with Crippen LogP contribution in [0.4, 0.5) is 0 Å². The van der Waals surface area contributed by atoms with Crippen molar-refractivity contribution in [1.29, 1.82) is 0 Å². The number of para-hydroxylation sites is 1. The number of aromatic nitrogens is 1. The average Bonchev–Trinajstić information content (AvgIpc) is 2.55. The molecule has 1 aromatic carbocycles. The van der Waals surface area contributed by atoms with E-state index in [1.807, 2.05) is 0 Å². The summed E-state index contributed by atoms with van der Waals surface area (Å²) in [6, 6.07) is 9.25. The van der Waals surface area contributed by atoms with Gasteiger partial charge in [-0.25, -0.2) is 0 Å². The highest BCUT2D eigenvalue weighted by Gasteiger charge is 2.11. The lowest BCUT2D eigenvalue weighted by molar-refractivity contribution is 0.606. The molecule has 0 atom stereocenters. The molecule has 0 saturated heterocycles. The zero-order chi connectivity index (χ0) is 11.7. The van der Waals surface area contributed by atoms with Gasteiger partial charge in [-0.2, -0.15) is 0 Å². The number of aryl methyl sites for hydroxylation is 1. The van der Waals surface area contributed by atoms with E-state index in [1.165, 1.54) is 22.2 Å². The Balaban J connectivity index is 2.72. The van der Waals surface area contributed by atoms with Gasteiger partial charge in [-0.05, 0) is 45.4 Å². The summed E-state index contributed by atoms with van der Waals surface area (Å²) in [6.45, 7) is 7.34. The molecule has 2 heteroatoms. The standard InChI is InChI=1S/C14H20N2/c1-10(2)16-11(3)9-13-6-4-5-12(7-8-15)14(13)16/h4-6,9-10H,7-8,15H2,1-3H3. The third-order valence-corrected chi connectivity index (χ3v) is 3.07. The predicted octanol–water partition coefficient (Wildman–Crippen LogP) is 3.03. The topological polar surface area (TPSA) is 30.9 Å². The Hall–Kier alpha value is -1.28. The Morgan fingerprint density at radius 1 is 1.31 bits per heavy atom. The summed E-state index contributed by atoms with van der Waals surface area (Å²) >= 11 is 0. The van der Waals surface area contributed by atoms with Crippen molar-refractivity contribution in [3.8, 4) is 0 Å². The lowest BCUT2D eigenvalue weighted by atomic mass is 10.1. The van der Waals surface area contributed by atoms with Gasteiger partial charge < -0.3 is 10.3 Å². The molecule has 0 aliphatic rings. The van der Waals surface area contributed by atoms with Crippen molar-refractivity contribution >= 4 is 10.9 Å². The summed E-state index contributed by atoms with van der Waals surface area (Å²) in [5.41, 5.74) is 9.73. The molecule has 0 unspecified atom stereocenters. The molecular weight excluding hydrogens is 196 g/mol. The fourth-order valence-corrected chi connectivity index (χ4v) is 2.52. The molecular formula is C14H20N2. The second-order valence-electron chi connectivity index (χ2n) is 4.64. The molecule has 0 bridgehead atoms. The van der Waals surface area contributed by atoms with E-state index in [4.69, 9.17) is 5.73 Å². The SMILES string of the molecule is Cc1cc2cccc(CCN)c2n1C(C)C. The van der Waals surface area contributed by atoms with Crippen LogP contribution < -0.4 is 5.73 Å².